The van der Waals surface area contributed by atoms with Gasteiger partial charge in [0.2, 0.25) is 0 Å². The summed E-state index contributed by atoms with van der Waals surface area (Å²) < 4.78 is 7.40. The van der Waals surface area contributed by atoms with E-state index in [1.807, 2.05) is 22.9 Å². The van der Waals surface area contributed by atoms with E-state index in [4.69, 9.17) is 4.74 Å². The Labute approximate surface area is 217 Å². The molecule has 1 atom stereocenters. The first kappa shape index (κ1) is 25.1. The Kier molecular flexibility index (Phi) is 7.37. The first-order valence-corrected chi connectivity index (χ1v) is 13.2. The summed E-state index contributed by atoms with van der Waals surface area (Å²) in [5.41, 5.74) is 5.01. The molecule has 8 heteroatoms. The molecule has 1 N–H and O–H groups in total. The maximum Gasteiger partial charge on any atom is 0.252 e. The van der Waals surface area contributed by atoms with Gasteiger partial charge in [0, 0.05) is 29.6 Å². The molecule has 0 bridgehead atoms. The first-order valence-electron chi connectivity index (χ1n) is 13.2. The molecule has 0 amide bonds. The van der Waals surface area contributed by atoms with Crippen LogP contribution in [0.15, 0.2) is 47.3 Å². The number of benzene rings is 2. The number of hydrogen-bond acceptors (Lipinski definition) is 6. The van der Waals surface area contributed by atoms with Gasteiger partial charge >= 0.3 is 0 Å². The number of ether oxygens (including phenoxy) is 1. The molecule has 2 aromatic heterocycles. The predicted octanol–water partition coefficient (Wildman–Crippen LogP) is 5.41. The molecule has 1 saturated carbocycles. The molecule has 5 rings (SSSR count). The summed E-state index contributed by atoms with van der Waals surface area (Å²) in [4.78, 5) is 18.7. The van der Waals surface area contributed by atoms with Gasteiger partial charge in [-0.15, -0.1) is 5.10 Å². The van der Waals surface area contributed by atoms with E-state index in [1.54, 1.807) is 7.11 Å². The van der Waals surface area contributed by atoms with Gasteiger partial charge in [0.05, 0.1) is 19.2 Å². The van der Waals surface area contributed by atoms with Gasteiger partial charge in [-0.2, -0.15) is 0 Å². The minimum absolute atomic E-state index is 0.0353. The Bertz CT molecular complexity index is 1420. The molecule has 0 radical (unpaired) electrons. The molecule has 0 spiro atoms. The van der Waals surface area contributed by atoms with Crippen LogP contribution >= 0.6 is 0 Å². The lowest BCUT2D eigenvalue weighted by Crippen LogP contribution is -2.32. The topological polar surface area (TPSA) is 88.9 Å². The molecule has 0 aliphatic heterocycles. The SMILES string of the molecule is CCC(c1nnnn1C1CCCC1)N(Cc1ccc(OC)cc1)Cc1cc2c(C)cc(C)cc2[nH]c1=O. The zero-order valence-corrected chi connectivity index (χ0v) is 22.2. The highest BCUT2D eigenvalue weighted by Gasteiger charge is 2.29. The van der Waals surface area contributed by atoms with Gasteiger partial charge in [0.25, 0.3) is 5.56 Å². The third-order valence-electron chi connectivity index (χ3n) is 7.62. The van der Waals surface area contributed by atoms with Crippen molar-refractivity contribution in [3.05, 3.63) is 80.9 Å². The van der Waals surface area contributed by atoms with Gasteiger partial charge in [-0.05, 0) is 84.5 Å². The summed E-state index contributed by atoms with van der Waals surface area (Å²) in [6, 6.07) is 14.7. The second-order valence-corrected chi connectivity index (χ2v) is 10.3. The number of nitrogens with zero attached hydrogens (tertiary/aromatic N) is 5. The Hall–Kier alpha value is -3.52. The zero-order chi connectivity index (χ0) is 25.9. The molecule has 37 heavy (non-hydrogen) atoms. The maximum atomic E-state index is 13.3. The van der Waals surface area contributed by atoms with Gasteiger partial charge in [-0.3, -0.25) is 9.69 Å². The number of H-pyrrole nitrogens is 1. The summed E-state index contributed by atoms with van der Waals surface area (Å²) in [5.74, 6) is 1.70. The molecule has 1 unspecified atom stereocenters. The molecular formula is C29H36N6O2. The number of methoxy groups -OCH3 is 1. The normalized spacial score (nSPS) is 15.1. The van der Waals surface area contributed by atoms with Crippen LogP contribution in [0.25, 0.3) is 10.9 Å². The summed E-state index contributed by atoms with van der Waals surface area (Å²) >= 11 is 0. The third kappa shape index (κ3) is 5.30. The van der Waals surface area contributed by atoms with E-state index in [1.165, 1.54) is 12.8 Å². The van der Waals surface area contributed by atoms with E-state index >= 15 is 0 Å². The molecule has 2 aromatic carbocycles. The average molecular weight is 501 g/mol. The van der Waals surface area contributed by atoms with Crippen LogP contribution in [0.3, 0.4) is 0 Å². The van der Waals surface area contributed by atoms with Crippen molar-refractivity contribution < 1.29 is 4.74 Å². The molecule has 194 valence electrons. The average Bonchev–Trinajstić information content (AvgIpc) is 3.58. The number of tetrazole rings is 1. The number of hydrogen-bond donors (Lipinski definition) is 1. The van der Waals surface area contributed by atoms with E-state index in [2.05, 4.69) is 70.4 Å². The number of pyridine rings is 1. The smallest absolute Gasteiger partial charge is 0.252 e. The van der Waals surface area contributed by atoms with E-state index in [9.17, 15) is 4.79 Å². The Morgan fingerprint density at radius 1 is 1.11 bits per heavy atom. The number of aromatic nitrogens is 5. The Morgan fingerprint density at radius 3 is 2.57 bits per heavy atom. The highest BCUT2D eigenvalue weighted by atomic mass is 16.5. The third-order valence-corrected chi connectivity index (χ3v) is 7.62. The van der Waals surface area contributed by atoms with Crippen LogP contribution in [-0.2, 0) is 13.1 Å². The van der Waals surface area contributed by atoms with Crippen molar-refractivity contribution >= 4 is 10.9 Å². The molecular weight excluding hydrogens is 464 g/mol. The van der Waals surface area contributed by atoms with Crippen LogP contribution in [-0.4, -0.2) is 37.2 Å². The quantitative estimate of drug-likeness (QED) is 0.331. The fraction of sp³-hybridized carbons (Fsp3) is 0.448. The summed E-state index contributed by atoms with van der Waals surface area (Å²) in [7, 11) is 1.67. The maximum absolute atomic E-state index is 13.3. The van der Waals surface area contributed by atoms with Gasteiger partial charge in [0.1, 0.15) is 5.75 Å². The van der Waals surface area contributed by atoms with Crippen molar-refractivity contribution in [1.82, 2.24) is 30.1 Å². The zero-order valence-electron chi connectivity index (χ0n) is 22.2. The molecule has 1 fully saturated rings. The lowest BCUT2D eigenvalue weighted by molar-refractivity contribution is 0.158. The van der Waals surface area contributed by atoms with Crippen LogP contribution in [0.5, 0.6) is 5.75 Å². The van der Waals surface area contributed by atoms with Crippen molar-refractivity contribution in [2.75, 3.05) is 7.11 Å². The van der Waals surface area contributed by atoms with E-state index in [-0.39, 0.29) is 11.6 Å². The minimum Gasteiger partial charge on any atom is -0.497 e. The van der Waals surface area contributed by atoms with Crippen LogP contribution in [0.4, 0.5) is 0 Å². The van der Waals surface area contributed by atoms with Crippen molar-refractivity contribution in [1.29, 1.82) is 0 Å². The number of aromatic amines is 1. The number of nitrogens with one attached hydrogen (secondary N) is 1. The van der Waals surface area contributed by atoms with Gasteiger partial charge in [-0.1, -0.05) is 38.0 Å². The van der Waals surface area contributed by atoms with E-state index in [0.717, 1.165) is 64.0 Å². The molecule has 1 aliphatic rings. The lowest BCUT2D eigenvalue weighted by atomic mass is 10.0. The van der Waals surface area contributed by atoms with Crippen molar-refractivity contribution in [3.63, 3.8) is 0 Å². The van der Waals surface area contributed by atoms with Crippen molar-refractivity contribution in [3.8, 4) is 5.75 Å². The van der Waals surface area contributed by atoms with Crippen molar-refractivity contribution in [2.24, 2.45) is 0 Å². The highest BCUT2D eigenvalue weighted by Crippen LogP contribution is 2.33. The fourth-order valence-corrected chi connectivity index (χ4v) is 5.73. The highest BCUT2D eigenvalue weighted by molar-refractivity contribution is 5.83. The van der Waals surface area contributed by atoms with Crippen LogP contribution in [0.1, 0.15) is 79.2 Å². The van der Waals surface area contributed by atoms with Gasteiger partial charge in [-0.25, -0.2) is 4.68 Å². The van der Waals surface area contributed by atoms with E-state index in [0.29, 0.717) is 19.1 Å². The molecule has 2 heterocycles. The monoisotopic (exact) mass is 500 g/mol. The summed E-state index contributed by atoms with van der Waals surface area (Å²) in [6.07, 6.45) is 5.46. The van der Waals surface area contributed by atoms with Crippen LogP contribution in [0, 0.1) is 13.8 Å². The largest absolute Gasteiger partial charge is 0.497 e. The number of aryl methyl sites for hydroxylation is 2. The molecule has 0 saturated heterocycles. The van der Waals surface area contributed by atoms with Crippen molar-refractivity contribution in [2.45, 2.75) is 78.0 Å². The second kappa shape index (κ2) is 10.8. The molecule has 1 aliphatic carbocycles. The predicted molar refractivity (Wildman–Crippen MR) is 145 cm³/mol. The van der Waals surface area contributed by atoms with E-state index < -0.39 is 0 Å². The lowest BCUT2D eigenvalue weighted by Gasteiger charge is -2.31. The molecule has 8 nitrogen and oxygen atoms in total. The van der Waals surface area contributed by atoms with Gasteiger partial charge < -0.3 is 9.72 Å². The van der Waals surface area contributed by atoms with Gasteiger partial charge in [0.15, 0.2) is 5.82 Å². The minimum atomic E-state index is -0.0533. The standard InChI is InChI=1S/C29H36N6O2/c1-5-27(28-31-32-33-35(28)23-8-6-7-9-23)34(17-21-10-12-24(37-4)13-11-21)18-22-16-25-20(3)14-19(2)15-26(25)30-29(22)36/h10-16,23,27H,5-9,17-18H2,1-4H3,(H,30,36). The Morgan fingerprint density at radius 2 is 1.86 bits per heavy atom. The first-order chi connectivity index (χ1) is 18.0. The summed E-state index contributed by atoms with van der Waals surface area (Å²) in [6.45, 7) is 7.45. The number of fused-ring (bicyclic) bond motifs is 1. The van der Waals surface area contributed by atoms with Crippen LogP contribution < -0.4 is 10.3 Å². The fourth-order valence-electron chi connectivity index (χ4n) is 5.73. The molecule has 4 aromatic rings. The number of rotatable bonds is 9. The second-order valence-electron chi connectivity index (χ2n) is 10.3. The summed E-state index contributed by atoms with van der Waals surface area (Å²) in [5, 5.41) is 14.1. The Balaban J connectivity index is 1.54. The van der Waals surface area contributed by atoms with Crippen LogP contribution in [0.2, 0.25) is 0 Å².